The molecule has 0 spiro atoms. The molecule has 1 aromatic heterocycles. The average Bonchev–Trinajstić information content (AvgIpc) is 3.20. The Morgan fingerprint density at radius 2 is 1.93 bits per heavy atom. The highest BCUT2D eigenvalue weighted by molar-refractivity contribution is 5.81. The van der Waals surface area contributed by atoms with Crippen molar-refractivity contribution < 1.29 is 14.9 Å². The molecule has 0 aliphatic carbocycles. The summed E-state index contributed by atoms with van der Waals surface area (Å²) in [4.78, 5) is 9.15. The molecule has 0 bridgehead atoms. The molecule has 0 saturated carbocycles. The molecule has 0 radical (unpaired) electrons. The Morgan fingerprint density at radius 3 is 2.61 bits per heavy atom. The average molecular weight is 563 g/mol. The summed E-state index contributed by atoms with van der Waals surface area (Å²) in [6.07, 6.45) is 8.11. The first-order valence-electron chi connectivity index (χ1n) is 14.8. The summed E-state index contributed by atoms with van der Waals surface area (Å²) < 4.78 is 5.46. The van der Waals surface area contributed by atoms with E-state index in [1.165, 1.54) is 10.9 Å². The minimum atomic E-state index is -0.999. The Hall–Kier alpha value is -3.13. The quantitative estimate of drug-likeness (QED) is 0.326. The first-order chi connectivity index (χ1) is 19.6. The summed E-state index contributed by atoms with van der Waals surface area (Å²) in [6.45, 7) is 17.5. The van der Waals surface area contributed by atoms with Crippen molar-refractivity contribution in [2.75, 3.05) is 40.5 Å². The largest absolute Gasteiger partial charge is 0.508 e. The number of allylic oxidation sites excluding steroid dienone is 3. The number of nitrogens with one attached hydrogen (secondary N) is 1. The van der Waals surface area contributed by atoms with Gasteiger partial charge in [-0.05, 0) is 69.1 Å². The number of hydrogen-bond donors (Lipinski definition) is 3. The number of methoxy groups -OCH3 is 1. The summed E-state index contributed by atoms with van der Waals surface area (Å²) in [6, 6.07) is 10.4. The number of rotatable bonds is 8. The molecule has 3 N–H and O–H groups in total. The topological polar surface area (TPSA) is 81.1 Å². The Labute approximate surface area is 246 Å². The Bertz CT molecular complexity index is 1290. The zero-order valence-corrected chi connectivity index (χ0v) is 26.1. The lowest BCUT2D eigenvalue weighted by atomic mass is 9.78. The number of likely N-dealkylation sites (tertiary alicyclic amines) is 1. The van der Waals surface area contributed by atoms with E-state index in [1.54, 1.807) is 7.11 Å². The van der Waals surface area contributed by atoms with Crippen LogP contribution < -0.4 is 5.32 Å². The number of pyridine rings is 1. The number of aromatic nitrogens is 1. The lowest BCUT2D eigenvalue weighted by Gasteiger charge is -2.38. The van der Waals surface area contributed by atoms with Gasteiger partial charge in [0.05, 0.1) is 25.1 Å². The molecular weight excluding hydrogens is 512 g/mol. The predicted octanol–water partition coefficient (Wildman–Crippen LogP) is 6.30. The third kappa shape index (κ3) is 7.59. The van der Waals surface area contributed by atoms with Crippen LogP contribution in [0.1, 0.15) is 59.4 Å². The number of nitrogens with zero attached hydrogens (tertiary/aromatic N) is 3. The van der Waals surface area contributed by atoms with Crippen LogP contribution in [0.25, 0.3) is 10.9 Å². The van der Waals surface area contributed by atoms with Crippen molar-refractivity contribution in [1.82, 2.24) is 20.1 Å². The maximum Gasteiger partial charge on any atom is 0.112 e. The van der Waals surface area contributed by atoms with Gasteiger partial charge >= 0.3 is 0 Å². The van der Waals surface area contributed by atoms with Crippen molar-refractivity contribution >= 4 is 10.9 Å². The van der Waals surface area contributed by atoms with Crippen LogP contribution in [0.3, 0.4) is 0 Å². The van der Waals surface area contributed by atoms with E-state index in [0.29, 0.717) is 26.1 Å². The molecule has 2 aromatic rings. The molecule has 41 heavy (non-hydrogen) atoms. The molecule has 1 atom stereocenters. The van der Waals surface area contributed by atoms with Gasteiger partial charge in [0, 0.05) is 47.9 Å². The van der Waals surface area contributed by atoms with E-state index >= 15 is 0 Å². The number of aliphatic hydroxyl groups is 2. The normalized spacial score (nSPS) is 21.9. The van der Waals surface area contributed by atoms with Gasteiger partial charge in [0.2, 0.25) is 0 Å². The molecule has 3 heterocycles. The highest BCUT2D eigenvalue weighted by Gasteiger charge is 2.41. The van der Waals surface area contributed by atoms with Crippen LogP contribution in [0.15, 0.2) is 83.6 Å². The number of hydrogen-bond acceptors (Lipinski definition) is 7. The molecule has 2 aliphatic rings. The molecule has 1 saturated heterocycles. The van der Waals surface area contributed by atoms with Gasteiger partial charge in [0.15, 0.2) is 0 Å². The molecule has 4 rings (SSSR count). The van der Waals surface area contributed by atoms with Gasteiger partial charge in [-0.1, -0.05) is 58.5 Å². The maximum absolute atomic E-state index is 12.3. The Balaban J connectivity index is 0.00000226. The van der Waals surface area contributed by atoms with E-state index in [2.05, 4.69) is 70.9 Å². The minimum Gasteiger partial charge on any atom is -0.508 e. The highest BCUT2D eigenvalue weighted by Crippen LogP contribution is 2.43. The van der Waals surface area contributed by atoms with Gasteiger partial charge in [-0.2, -0.15) is 0 Å². The van der Waals surface area contributed by atoms with Gasteiger partial charge in [-0.3, -0.25) is 9.88 Å². The van der Waals surface area contributed by atoms with Crippen LogP contribution in [-0.4, -0.2) is 71.1 Å². The molecule has 2 aliphatic heterocycles. The summed E-state index contributed by atoms with van der Waals surface area (Å²) in [7, 11) is 3.56. The summed E-state index contributed by atoms with van der Waals surface area (Å²) in [5.41, 5.74) is 3.31. The van der Waals surface area contributed by atoms with Crippen LogP contribution in [-0.2, 0) is 11.3 Å². The fourth-order valence-electron chi connectivity index (χ4n) is 6.16. The monoisotopic (exact) mass is 562 g/mol. The standard InChI is InChI=1S/C32H44N4O3.C2H6/c1-23(39-6)18-26-21-36(22-33-5)29(19-31(3,4)30(26)24(2)37)32(38)13-9-16-35(17-14-32)20-25-10-7-12-28-27(25)11-8-15-34-28;1-2/h7-8,10-12,15,18-19,33,37-38H,2,9,13-14,16-17,20-22H2,1,3-6H3;1-2H3/b23-18+;. The van der Waals surface area contributed by atoms with Crippen molar-refractivity contribution in [2.45, 2.75) is 66.0 Å². The van der Waals surface area contributed by atoms with Crippen LogP contribution in [0, 0.1) is 5.41 Å². The van der Waals surface area contributed by atoms with Gasteiger partial charge in [-0.25, -0.2) is 0 Å². The predicted molar refractivity (Wildman–Crippen MR) is 169 cm³/mol. The van der Waals surface area contributed by atoms with E-state index in [-0.39, 0.29) is 5.76 Å². The number of benzene rings is 1. The van der Waals surface area contributed by atoms with E-state index in [9.17, 15) is 10.2 Å². The maximum atomic E-state index is 12.3. The third-order valence-corrected chi connectivity index (χ3v) is 8.01. The van der Waals surface area contributed by atoms with Gasteiger partial charge < -0.3 is 25.2 Å². The summed E-state index contributed by atoms with van der Waals surface area (Å²) >= 11 is 0. The fourth-order valence-corrected chi connectivity index (χ4v) is 6.16. The highest BCUT2D eigenvalue weighted by atomic mass is 16.5. The SMILES string of the molecule is C=C(O)C1=C(/C=C(\C)OC)CN(CNC)C(C2(O)CCCN(Cc3cccc4ncccc34)CC2)=CC1(C)C.CC. The molecule has 7 heteroatoms. The van der Waals surface area contributed by atoms with E-state index < -0.39 is 11.0 Å². The molecule has 0 amide bonds. The lowest BCUT2D eigenvalue weighted by Crippen LogP contribution is -2.45. The zero-order valence-electron chi connectivity index (χ0n) is 26.1. The van der Waals surface area contributed by atoms with Crippen molar-refractivity contribution in [3.8, 4) is 0 Å². The minimum absolute atomic E-state index is 0.0423. The van der Waals surface area contributed by atoms with Crippen molar-refractivity contribution in [1.29, 1.82) is 0 Å². The van der Waals surface area contributed by atoms with Crippen molar-refractivity contribution in [3.05, 3.63) is 89.2 Å². The molecule has 1 aromatic carbocycles. The second kappa shape index (κ2) is 14.2. The zero-order chi connectivity index (χ0) is 30.2. The molecule has 1 fully saturated rings. The number of aliphatic hydroxyl groups excluding tert-OH is 1. The molecular formula is C34H50N4O3. The Kier molecular flexibility index (Phi) is 11.2. The molecule has 7 nitrogen and oxygen atoms in total. The lowest BCUT2D eigenvalue weighted by molar-refractivity contribution is 0.0315. The second-order valence-corrected chi connectivity index (χ2v) is 11.4. The fraction of sp³-hybridized carbons (Fsp3) is 0.500. The first-order valence-corrected chi connectivity index (χ1v) is 14.8. The Morgan fingerprint density at radius 1 is 1.17 bits per heavy atom. The van der Waals surface area contributed by atoms with E-state index in [1.807, 2.05) is 46.2 Å². The van der Waals surface area contributed by atoms with Crippen molar-refractivity contribution in [2.24, 2.45) is 5.41 Å². The van der Waals surface area contributed by atoms with Gasteiger partial charge in [0.25, 0.3) is 0 Å². The van der Waals surface area contributed by atoms with Crippen LogP contribution in [0.4, 0.5) is 0 Å². The number of ether oxygens (including phenoxy) is 1. The number of fused-ring (bicyclic) bond motifs is 1. The summed E-state index contributed by atoms with van der Waals surface area (Å²) in [5, 5.41) is 27.5. The van der Waals surface area contributed by atoms with E-state index in [4.69, 9.17) is 4.74 Å². The summed E-state index contributed by atoms with van der Waals surface area (Å²) in [5.74, 6) is 0.792. The molecule has 1 unspecified atom stereocenters. The smallest absolute Gasteiger partial charge is 0.112 e. The van der Waals surface area contributed by atoms with Crippen LogP contribution >= 0.6 is 0 Å². The van der Waals surface area contributed by atoms with Gasteiger partial charge in [0.1, 0.15) is 11.4 Å². The van der Waals surface area contributed by atoms with Gasteiger partial charge in [-0.15, -0.1) is 0 Å². The van der Waals surface area contributed by atoms with Crippen molar-refractivity contribution in [3.63, 3.8) is 0 Å². The first kappa shape index (κ1) is 32.4. The second-order valence-electron chi connectivity index (χ2n) is 11.4. The third-order valence-electron chi connectivity index (χ3n) is 8.01. The van der Waals surface area contributed by atoms with Crippen LogP contribution in [0.5, 0.6) is 0 Å². The van der Waals surface area contributed by atoms with E-state index in [0.717, 1.165) is 54.2 Å². The van der Waals surface area contributed by atoms with Crippen LogP contribution in [0.2, 0.25) is 0 Å². The molecule has 224 valence electrons.